The van der Waals surface area contributed by atoms with Gasteiger partial charge >= 0.3 is 0 Å². The average molecular weight is 305 g/mol. The summed E-state index contributed by atoms with van der Waals surface area (Å²) < 4.78 is 24.3. The smallest absolute Gasteiger partial charge is 0.239 e. The third-order valence-electron chi connectivity index (χ3n) is 2.89. The standard InChI is InChI=1S/C14H15N3O3S/c1-10-4-2-3-5-12(10)17-14(18)9-21(19,20)13-6-7-16-8-11(13)15/h2-8H,9,15H2,1H3,(H,17,18). The molecule has 6 nitrogen and oxygen atoms in total. The van der Waals surface area contributed by atoms with E-state index in [4.69, 9.17) is 5.73 Å². The molecular formula is C14H15N3O3S. The molecule has 0 radical (unpaired) electrons. The lowest BCUT2D eigenvalue weighted by atomic mass is 10.2. The Labute approximate surface area is 122 Å². The molecule has 0 aliphatic rings. The van der Waals surface area contributed by atoms with Crippen molar-refractivity contribution < 1.29 is 13.2 Å². The van der Waals surface area contributed by atoms with Gasteiger partial charge < -0.3 is 11.1 Å². The van der Waals surface area contributed by atoms with Crippen LogP contribution in [-0.2, 0) is 14.6 Å². The largest absolute Gasteiger partial charge is 0.396 e. The first-order valence-electron chi connectivity index (χ1n) is 6.18. The molecule has 1 heterocycles. The van der Waals surface area contributed by atoms with Gasteiger partial charge in [-0.2, -0.15) is 0 Å². The van der Waals surface area contributed by atoms with Crippen LogP contribution in [0, 0.1) is 6.92 Å². The topological polar surface area (TPSA) is 102 Å². The zero-order chi connectivity index (χ0) is 15.5. The Hall–Kier alpha value is -2.41. The third kappa shape index (κ3) is 3.57. The summed E-state index contributed by atoms with van der Waals surface area (Å²) in [5.74, 6) is -1.28. The molecule has 21 heavy (non-hydrogen) atoms. The molecular weight excluding hydrogens is 290 g/mol. The van der Waals surface area contributed by atoms with Gasteiger partial charge in [0, 0.05) is 11.9 Å². The second-order valence-corrected chi connectivity index (χ2v) is 6.49. The number of pyridine rings is 1. The number of carbonyl (C=O) groups is 1. The van der Waals surface area contributed by atoms with E-state index in [9.17, 15) is 13.2 Å². The lowest BCUT2D eigenvalue weighted by Gasteiger charge is -2.09. The normalized spacial score (nSPS) is 11.1. The molecule has 2 aromatic rings. The van der Waals surface area contributed by atoms with Crippen LogP contribution in [0.4, 0.5) is 11.4 Å². The van der Waals surface area contributed by atoms with E-state index in [1.54, 1.807) is 12.1 Å². The number of para-hydroxylation sites is 1. The summed E-state index contributed by atoms with van der Waals surface area (Å²) >= 11 is 0. The zero-order valence-corrected chi connectivity index (χ0v) is 12.2. The fourth-order valence-electron chi connectivity index (χ4n) is 1.83. The van der Waals surface area contributed by atoms with Crippen LogP contribution in [0.1, 0.15) is 5.56 Å². The first kappa shape index (κ1) is 15.0. The van der Waals surface area contributed by atoms with Gasteiger partial charge in [-0.3, -0.25) is 9.78 Å². The van der Waals surface area contributed by atoms with Crippen LogP contribution in [-0.4, -0.2) is 25.1 Å². The summed E-state index contributed by atoms with van der Waals surface area (Å²) in [6.07, 6.45) is 2.56. The molecule has 0 saturated carbocycles. The molecule has 0 fully saturated rings. The van der Waals surface area contributed by atoms with Crippen LogP contribution in [0.25, 0.3) is 0 Å². The Balaban J connectivity index is 2.16. The number of nitrogen functional groups attached to an aromatic ring is 1. The van der Waals surface area contributed by atoms with Gasteiger partial charge in [0.15, 0.2) is 9.84 Å². The number of aryl methyl sites for hydroxylation is 1. The number of benzene rings is 1. The van der Waals surface area contributed by atoms with E-state index in [0.29, 0.717) is 5.69 Å². The van der Waals surface area contributed by atoms with Crippen molar-refractivity contribution in [3.63, 3.8) is 0 Å². The van der Waals surface area contributed by atoms with E-state index >= 15 is 0 Å². The zero-order valence-electron chi connectivity index (χ0n) is 11.4. The number of hydrogen-bond donors (Lipinski definition) is 2. The minimum Gasteiger partial charge on any atom is -0.396 e. The van der Waals surface area contributed by atoms with Gasteiger partial charge in [0.1, 0.15) is 5.75 Å². The van der Waals surface area contributed by atoms with E-state index in [-0.39, 0.29) is 10.6 Å². The molecule has 1 aromatic carbocycles. The van der Waals surface area contributed by atoms with Crippen LogP contribution in [0.3, 0.4) is 0 Å². The van der Waals surface area contributed by atoms with Crippen LogP contribution in [0.15, 0.2) is 47.6 Å². The molecule has 0 spiro atoms. The Kier molecular flexibility index (Phi) is 4.23. The predicted molar refractivity (Wildman–Crippen MR) is 80.5 cm³/mol. The minimum atomic E-state index is -3.80. The number of aromatic nitrogens is 1. The number of amides is 1. The van der Waals surface area contributed by atoms with Crippen LogP contribution in [0.2, 0.25) is 0 Å². The average Bonchev–Trinajstić information content (AvgIpc) is 2.41. The second-order valence-electron chi connectivity index (χ2n) is 4.54. The van der Waals surface area contributed by atoms with Gasteiger partial charge in [-0.1, -0.05) is 18.2 Å². The maximum absolute atomic E-state index is 12.2. The molecule has 0 unspecified atom stereocenters. The molecule has 2 rings (SSSR count). The number of carbonyl (C=O) groups excluding carboxylic acids is 1. The number of rotatable bonds is 4. The van der Waals surface area contributed by atoms with Gasteiger partial charge in [-0.25, -0.2) is 8.42 Å². The van der Waals surface area contributed by atoms with Gasteiger partial charge in [-0.15, -0.1) is 0 Å². The van der Waals surface area contributed by atoms with E-state index in [0.717, 1.165) is 5.56 Å². The van der Waals surface area contributed by atoms with E-state index in [1.807, 2.05) is 19.1 Å². The van der Waals surface area contributed by atoms with Crippen LogP contribution in [0.5, 0.6) is 0 Å². The van der Waals surface area contributed by atoms with Gasteiger partial charge in [0.2, 0.25) is 5.91 Å². The minimum absolute atomic E-state index is 0.0289. The third-order valence-corrected chi connectivity index (χ3v) is 4.57. The molecule has 0 aliphatic heterocycles. The number of anilines is 2. The molecule has 1 aromatic heterocycles. The fraction of sp³-hybridized carbons (Fsp3) is 0.143. The second kappa shape index (κ2) is 5.92. The van der Waals surface area contributed by atoms with E-state index < -0.39 is 21.5 Å². The molecule has 1 amide bonds. The van der Waals surface area contributed by atoms with Gasteiger partial charge in [0.25, 0.3) is 0 Å². The highest BCUT2D eigenvalue weighted by atomic mass is 32.2. The fourth-order valence-corrected chi connectivity index (χ4v) is 3.08. The van der Waals surface area contributed by atoms with Crippen molar-refractivity contribution in [2.45, 2.75) is 11.8 Å². The number of hydrogen-bond acceptors (Lipinski definition) is 5. The Morgan fingerprint density at radius 3 is 2.67 bits per heavy atom. The number of sulfone groups is 1. The SMILES string of the molecule is Cc1ccccc1NC(=O)CS(=O)(=O)c1ccncc1N. The monoisotopic (exact) mass is 305 g/mol. The highest BCUT2D eigenvalue weighted by Crippen LogP contribution is 2.18. The molecule has 0 bridgehead atoms. The first-order chi connectivity index (χ1) is 9.90. The van der Waals surface area contributed by atoms with Crippen molar-refractivity contribution in [3.8, 4) is 0 Å². The molecule has 0 atom stereocenters. The molecule has 7 heteroatoms. The lowest BCUT2D eigenvalue weighted by Crippen LogP contribution is -2.24. The Morgan fingerprint density at radius 1 is 1.29 bits per heavy atom. The molecule has 0 aliphatic carbocycles. The van der Waals surface area contributed by atoms with Crippen molar-refractivity contribution in [1.82, 2.24) is 4.98 Å². The molecule has 0 saturated heterocycles. The highest BCUT2D eigenvalue weighted by molar-refractivity contribution is 7.92. The summed E-state index contributed by atoms with van der Waals surface area (Å²) in [4.78, 5) is 15.6. The van der Waals surface area contributed by atoms with Crippen molar-refractivity contribution in [2.75, 3.05) is 16.8 Å². The maximum atomic E-state index is 12.2. The Morgan fingerprint density at radius 2 is 2.00 bits per heavy atom. The predicted octanol–water partition coefficient (Wildman–Crippen LogP) is 1.38. The van der Waals surface area contributed by atoms with Crippen molar-refractivity contribution in [3.05, 3.63) is 48.3 Å². The highest BCUT2D eigenvalue weighted by Gasteiger charge is 2.22. The van der Waals surface area contributed by atoms with Crippen LogP contribution >= 0.6 is 0 Å². The van der Waals surface area contributed by atoms with Gasteiger partial charge in [-0.05, 0) is 24.6 Å². The van der Waals surface area contributed by atoms with Crippen LogP contribution < -0.4 is 11.1 Å². The quantitative estimate of drug-likeness (QED) is 0.888. The van der Waals surface area contributed by atoms with E-state index in [2.05, 4.69) is 10.3 Å². The summed E-state index contributed by atoms with van der Waals surface area (Å²) in [5.41, 5.74) is 7.05. The lowest BCUT2D eigenvalue weighted by molar-refractivity contribution is -0.113. The summed E-state index contributed by atoms with van der Waals surface area (Å²) in [5, 5.41) is 2.58. The Bertz CT molecular complexity index is 773. The number of nitrogens with one attached hydrogen (secondary N) is 1. The molecule has 3 N–H and O–H groups in total. The number of nitrogens with two attached hydrogens (primary N) is 1. The van der Waals surface area contributed by atoms with Crippen molar-refractivity contribution in [2.24, 2.45) is 0 Å². The summed E-state index contributed by atoms with van der Waals surface area (Å²) in [7, 11) is -3.80. The maximum Gasteiger partial charge on any atom is 0.239 e. The van der Waals surface area contributed by atoms with Crippen molar-refractivity contribution >= 4 is 27.1 Å². The van der Waals surface area contributed by atoms with Crippen molar-refractivity contribution in [1.29, 1.82) is 0 Å². The number of nitrogens with zero attached hydrogens (tertiary/aromatic N) is 1. The van der Waals surface area contributed by atoms with E-state index in [1.165, 1.54) is 18.5 Å². The first-order valence-corrected chi connectivity index (χ1v) is 7.83. The van der Waals surface area contributed by atoms with Gasteiger partial charge in [0.05, 0.1) is 16.8 Å². The summed E-state index contributed by atoms with van der Waals surface area (Å²) in [6.45, 7) is 1.82. The molecule has 110 valence electrons. The summed E-state index contributed by atoms with van der Waals surface area (Å²) in [6, 6.07) is 8.41.